The Bertz CT molecular complexity index is 205. The Hall–Kier alpha value is -0.570. The monoisotopic (exact) mass is 198 g/mol. The van der Waals surface area contributed by atoms with Crippen LogP contribution in [0, 0.1) is 0 Å². The Morgan fingerprint density at radius 3 is 2.64 bits per heavy atom. The molecule has 1 heterocycles. The van der Waals surface area contributed by atoms with Gasteiger partial charge in [0.2, 0.25) is 0 Å². The van der Waals surface area contributed by atoms with Gasteiger partial charge in [-0.25, -0.2) is 0 Å². The second kappa shape index (κ2) is 4.78. The number of rotatable bonds is 3. The fourth-order valence-corrected chi connectivity index (χ4v) is 2.14. The van der Waals surface area contributed by atoms with Crippen LogP contribution in [0.2, 0.25) is 0 Å². The molecule has 1 fully saturated rings. The first-order valence-electron chi connectivity index (χ1n) is 5.55. The van der Waals surface area contributed by atoms with Gasteiger partial charge in [-0.2, -0.15) is 0 Å². The molecule has 0 aromatic heterocycles. The van der Waals surface area contributed by atoms with E-state index in [2.05, 4.69) is 18.8 Å². The second-order valence-electron chi connectivity index (χ2n) is 4.16. The highest BCUT2D eigenvalue weighted by molar-refractivity contribution is 5.77. The van der Waals surface area contributed by atoms with E-state index in [1.54, 1.807) is 0 Å². The Kier molecular flexibility index (Phi) is 3.93. The summed E-state index contributed by atoms with van der Waals surface area (Å²) < 4.78 is 5.87. The molecule has 0 saturated carbocycles. The van der Waals surface area contributed by atoms with Gasteiger partial charge in [0.15, 0.2) is 0 Å². The van der Waals surface area contributed by atoms with Crippen LogP contribution in [0.1, 0.15) is 46.5 Å². The summed E-state index contributed by atoms with van der Waals surface area (Å²) >= 11 is 0. The van der Waals surface area contributed by atoms with Gasteiger partial charge in [0, 0.05) is 6.61 Å². The maximum atomic E-state index is 5.87. The van der Waals surface area contributed by atoms with E-state index in [1.807, 2.05) is 6.92 Å². The summed E-state index contributed by atoms with van der Waals surface area (Å²) in [5.41, 5.74) is 5.66. The van der Waals surface area contributed by atoms with Gasteiger partial charge in [-0.15, -0.1) is 0 Å². The van der Waals surface area contributed by atoms with Crippen molar-refractivity contribution in [2.45, 2.75) is 58.1 Å². The number of nitrogens with zero attached hydrogens (tertiary/aromatic N) is 1. The zero-order valence-corrected chi connectivity index (χ0v) is 9.55. The van der Waals surface area contributed by atoms with Crippen molar-refractivity contribution in [2.75, 3.05) is 6.61 Å². The highest BCUT2D eigenvalue weighted by Gasteiger charge is 2.34. The standard InChI is InChI=1S/C11H22N2O/c1-4-11(5-2)8-10(6-7-14-11)13-9(3)12/h10H,4-8H2,1-3H3,(H2,12,13). The molecular weight excluding hydrogens is 176 g/mol. The number of nitrogens with two attached hydrogens (primary N) is 1. The van der Waals surface area contributed by atoms with Crippen molar-refractivity contribution in [3.8, 4) is 0 Å². The first kappa shape index (κ1) is 11.5. The predicted octanol–water partition coefficient (Wildman–Crippen LogP) is 2.10. The smallest absolute Gasteiger partial charge is 0.0909 e. The van der Waals surface area contributed by atoms with E-state index in [1.165, 1.54) is 0 Å². The maximum Gasteiger partial charge on any atom is 0.0909 e. The van der Waals surface area contributed by atoms with E-state index in [4.69, 9.17) is 10.5 Å². The first-order valence-corrected chi connectivity index (χ1v) is 5.55. The largest absolute Gasteiger partial charge is 0.388 e. The zero-order valence-electron chi connectivity index (χ0n) is 9.55. The number of ether oxygens (including phenoxy) is 1. The zero-order chi connectivity index (χ0) is 10.6. The third-order valence-corrected chi connectivity index (χ3v) is 3.14. The molecule has 0 aromatic rings. The molecule has 0 bridgehead atoms. The Morgan fingerprint density at radius 1 is 1.50 bits per heavy atom. The van der Waals surface area contributed by atoms with Gasteiger partial charge >= 0.3 is 0 Å². The first-order chi connectivity index (χ1) is 6.62. The molecule has 14 heavy (non-hydrogen) atoms. The van der Waals surface area contributed by atoms with E-state index in [0.29, 0.717) is 11.9 Å². The minimum absolute atomic E-state index is 0.0574. The van der Waals surface area contributed by atoms with Crippen molar-refractivity contribution in [3.63, 3.8) is 0 Å². The molecule has 1 unspecified atom stereocenters. The molecular formula is C11H22N2O. The lowest BCUT2D eigenvalue weighted by Gasteiger charge is -2.38. The quantitative estimate of drug-likeness (QED) is 0.557. The summed E-state index contributed by atoms with van der Waals surface area (Å²) in [5, 5.41) is 0. The van der Waals surface area contributed by atoms with Crippen molar-refractivity contribution in [2.24, 2.45) is 10.7 Å². The van der Waals surface area contributed by atoms with Crippen LogP contribution in [0.15, 0.2) is 4.99 Å². The summed E-state index contributed by atoms with van der Waals surface area (Å²) in [7, 11) is 0. The molecule has 0 radical (unpaired) electrons. The molecule has 1 atom stereocenters. The van der Waals surface area contributed by atoms with Crippen LogP contribution in [0.4, 0.5) is 0 Å². The summed E-state index contributed by atoms with van der Waals surface area (Å²) in [4.78, 5) is 4.44. The van der Waals surface area contributed by atoms with Gasteiger partial charge in [-0.1, -0.05) is 13.8 Å². The lowest BCUT2D eigenvalue weighted by molar-refractivity contribution is -0.0884. The third-order valence-electron chi connectivity index (χ3n) is 3.14. The lowest BCUT2D eigenvalue weighted by Crippen LogP contribution is -2.40. The van der Waals surface area contributed by atoms with E-state index in [-0.39, 0.29) is 5.60 Å². The molecule has 3 nitrogen and oxygen atoms in total. The van der Waals surface area contributed by atoms with Crippen LogP contribution in [0.3, 0.4) is 0 Å². The molecule has 0 amide bonds. The minimum Gasteiger partial charge on any atom is -0.388 e. The Morgan fingerprint density at radius 2 is 2.14 bits per heavy atom. The van der Waals surface area contributed by atoms with Crippen molar-refractivity contribution in [3.05, 3.63) is 0 Å². The van der Waals surface area contributed by atoms with Gasteiger partial charge in [0.1, 0.15) is 0 Å². The van der Waals surface area contributed by atoms with E-state index < -0.39 is 0 Å². The molecule has 0 spiro atoms. The molecule has 1 aliphatic rings. The van der Waals surface area contributed by atoms with Crippen molar-refractivity contribution in [1.29, 1.82) is 0 Å². The Labute approximate surface area is 86.7 Å². The van der Waals surface area contributed by atoms with Crippen LogP contribution >= 0.6 is 0 Å². The topological polar surface area (TPSA) is 47.6 Å². The van der Waals surface area contributed by atoms with Gasteiger partial charge in [-0.05, 0) is 32.6 Å². The molecule has 2 N–H and O–H groups in total. The van der Waals surface area contributed by atoms with Gasteiger partial charge in [0.25, 0.3) is 0 Å². The average molecular weight is 198 g/mol. The summed E-state index contributed by atoms with van der Waals surface area (Å²) in [6.07, 6.45) is 4.17. The molecule has 0 aromatic carbocycles. The third kappa shape index (κ3) is 2.71. The highest BCUT2D eigenvalue weighted by atomic mass is 16.5. The Balaban J connectivity index is 2.63. The fourth-order valence-electron chi connectivity index (χ4n) is 2.14. The van der Waals surface area contributed by atoms with Gasteiger partial charge in [0.05, 0.1) is 17.5 Å². The summed E-state index contributed by atoms with van der Waals surface area (Å²) in [5.74, 6) is 0.693. The summed E-state index contributed by atoms with van der Waals surface area (Å²) in [6.45, 7) is 7.05. The van der Waals surface area contributed by atoms with Crippen LogP contribution in [-0.4, -0.2) is 24.1 Å². The van der Waals surface area contributed by atoms with Crippen LogP contribution in [0.5, 0.6) is 0 Å². The minimum atomic E-state index is 0.0574. The highest BCUT2D eigenvalue weighted by Crippen LogP contribution is 2.32. The van der Waals surface area contributed by atoms with Crippen LogP contribution in [-0.2, 0) is 4.74 Å². The van der Waals surface area contributed by atoms with Crippen molar-refractivity contribution >= 4 is 5.84 Å². The van der Waals surface area contributed by atoms with Crippen LogP contribution in [0.25, 0.3) is 0 Å². The van der Waals surface area contributed by atoms with E-state index in [9.17, 15) is 0 Å². The number of aliphatic imine (C=N–C) groups is 1. The fraction of sp³-hybridized carbons (Fsp3) is 0.909. The van der Waals surface area contributed by atoms with E-state index in [0.717, 1.165) is 32.3 Å². The number of amidine groups is 1. The molecule has 1 rings (SSSR count). The molecule has 1 aliphatic heterocycles. The predicted molar refractivity (Wildman–Crippen MR) is 59.6 cm³/mol. The second-order valence-corrected chi connectivity index (χ2v) is 4.16. The van der Waals surface area contributed by atoms with Crippen molar-refractivity contribution in [1.82, 2.24) is 0 Å². The van der Waals surface area contributed by atoms with Gasteiger partial charge < -0.3 is 10.5 Å². The molecule has 3 heteroatoms. The van der Waals surface area contributed by atoms with Crippen molar-refractivity contribution < 1.29 is 4.74 Å². The number of hydrogen-bond donors (Lipinski definition) is 1. The van der Waals surface area contributed by atoms with E-state index >= 15 is 0 Å². The lowest BCUT2D eigenvalue weighted by atomic mass is 9.86. The molecule has 1 saturated heterocycles. The average Bonchev–Trinajstić information content (AvgIpc) is 2.17. The molecule has 0 aliphatic carbocycles. The molecule has 82 valence electrons. The number of hydrogen-bond acceptors (Lipinski definition) is 2. The summed E-state index contributed by atoms with van der Waals surface area (Å²) in [6, 6.07) is 0.369. The SMILES string of the molecule is CCC1(CC)CC(N=C(C)N)CCO1. The maximum absolute atomic E-state index is 5.87. The van der Waals surface area contributed by atoms with Gasteiger partial charge in [-0.3, -0.25) is 4.99 Å². The van der Waals surface area contributed by atoms with Crippen LogP contribution < -0.4 is 5.73 Å². The normalized spacial score (nSPS) is 27.6.